The van der Waals surface area contributed by atoms with Crippen LogP contribution in [0.5, 0.6) is 0 Å². The molecule has 0 radical (unpaired) electrons. The molecule has 0 saturated carbocycles. The van der Waals surface area contributed by atoms with Gasteiger partial charge in [0.2, 0.25) is 0 Å². The molecular formula is C7H5BrIN3. The fraction of sp³-hybridized carbons (Fsp3) is 0.143. The number of aromatic nitrogens is 3. The van der Waals surface area contributed by atoms with Gasteiger partial charge in [0, 0.05) is 6.20 Å². The second-order valence-corrected chi connectivity index (χ2v) is 4.26. The number of aryl methyl sites for hydroxylation is 1. The standard InChI is InChI=1S/C7H5BrIN3/c1-4-7(9)12-3-5(8)10-2-6(12)11-4/h2-3H,1H3. The van der Waals surface area contributed by atoms with Crippen molar-refractivity contribution in [2.45, 2.75) is 6.92 Å². The lowest BCUT2D eigenvalue weighted by molar-refractivity contribution is 1.08. The molecule has 12 heavy (non-hydrogen) atoms. The molecule has 2 aromatic heterocycles. The van der Waals surface area contributed by atoms with Crippen LogP contribution in [0.25, 0.3) is 5.65 Å². The molecule has 0 spiro atoms. The van der Waals surface area contributed by atoms with Crippen LogP contribution in [0.4, 0.5) is 0 Å². The summed E-state index contributed by atoms with van der Waals surface area (Å²) in [5.41, 5.74) is 1.93. The smallest absolute Gasteiger partial charge is 0.156 e. The first kappa shape index (κ1) is 8.43. The SMILES string of the molecule is Cc1nc2cnc(Br)cn2c1I. The quantitative estimate of drug-likeness (QED) is 0.691. The Kier molecular flexibility index (Phi) is 2.07. The van der Waals surface area contributed by atoms with Crippen molar-refractivity contribution in [1.82, 2.24) is 14.4 Å². The van der Waals surface area contributed by atoms with E-state index in [4.69, 9.17) is 0 Å². The van der Waals surface area contributed by atoms with Crippen molar-refractivity contribution in [3.63, 3.8) is 0 Å². The monoisotopic (exact) mass is 337 g/mol. The Morgan fingerprint density at radius 2 is 2.33 bits per heavy atom. The van der Waals surface area contributed by atoms with Crippen LogP contribution >= 0.6 is 38.5 Å². The van der Waals surface area contributed by atoms with Crippen LogP contribution in [0.2, 0.25) is 0 Å². The molecule has 0 saturated heterocycles. The maximum atomic E-state index is 4.33. The highest BCUT2D eigenvalue weighted by Gasteiger charge is 2.04. The molecule has 5 heteroatoms. The summed E-state index contributed by atoms with van der Waals surface area (Å²) in [7, 11) is 0. The van der Waals surface area contributed by atoms with Crippen molar-refractivity contribution in [2.75, 3.05) is 0 Å². The summed E-state index contributed by atoms with van der Waals surface area (Å²) >= 11 is 5.58. The van der Waals surface area contributed by atoms with Gasteiger partial charge in [0.05, 0.1) is 11.9 Å². The van der Waals surface area contributed by atoms with E-state index in [9.17, 15) is 0 Å². The van der Waals surface area contributed by atoms with Crippen molar-refractivity contribution in [3.8, 4) is 0 Å². The average molecular weight is 338 g/mol. The average Bonchev–Trinajstić information content (AvgIpc) is 2.31. The van der Waals surface area contributed by atoms with Crippen LogP contribution in [0.1, 0.15) is 5.69 Å². The number of fused-ring (bicyclic) bond motifs is 1. The number of imidazole rings is 1. The molecule has 2 heterocycles. The van der Waals surface area contributed by atoms with Gasteiger partial charge in [0.15, 0.2) is 5.65 Å². The fourth-order valence-corrected chi connectivity index (χ4v) is 1.83. The summed E-state index contributed by atoms with van der Waals surface area (Å²) in [6.45, 7) is 1.99. The molecule has 0 amide bonds. The Hall–Kier alpha value is -0.170. The van der Waals surface area contributed by atoms with E-state index < -0.39 is 0 Å². The summed E-state index contributed by atoms with van der Waals surface area (Å²) in [6.07, 6.45) is 3.66. The lowest BCUT2D eigenvalue weighted by Crippen LogP contribution is -1.88. The number of nitrogens with zero attached hydrogens (tertiary/aromatic N) is 3. The molecule has 0 fully saturated rings. The highest BCUT2D eigenvalue weighted by atomic mass is 127. The van der Waals surface area contributed by atoms with Crippen LogP contribution in [-0.2, 0) is 0 Å². The van der Waals surface area contributed by atoms with Crippen LogP contribution in [-0.4, -0.2) is 14.4 Å². The predicted molar refractivity (Wildman–Crippen MR) is 58.1 cm³/mol. The van der Waals surface area contributed by atoms with Gasteiger partial charge in [-0.25, -0.2) is 9.97 Å². The van der Waals surface area contributed by atoms with Crippen LogP contribution in [0.3, 0.4) is 0 Å². The Balaban J connectivity index is 2.88. The van der Waals surface area contributed by atoms with Crippen LogP contribution < -0.4 is 0 Å². The maximum absolute atomic E-state index is 4.33. The van der Waals surface area contributed by atoms with Crippen molar-refractivity contribution in [2.24, 2.45) is 0 Å². The first-order valence-electron chi connectivity index (χ1n) is 3.34. The van der Waals surface area contributed by atoms with E-state index in [0.717, 1.165) is 19.6 Å². The Labute approximate surface area is 91.5 Å². The van der Waals surface area contributed by atoms with Gasteiger partial charge in [0.1, 0.15) is 8.30 Å². The Bertz CT molecular complexity index is 437. The second kappa shape index (κ2) is 2.95. The molecule has 0 unspecified atom stereocenters. The molecule has 0 bridgehead atoms. The summed E-state index contributed by atoms with van der Waals surface area (Å²) in [5.74, 6) is 0. The van der Waals surface area contributed by atoms with Gasteiger partial charge >= 0.3 is 0 Å². The summed E-state index contributed by atoms with van der Waals surface area (Å²) in [5, 5.41) is 0. The van der Waals surface area contributed by atoms with Crippen molar-refractivity contribution in [3.05, 3.63) is 26.4 Å². The lowest BCUT2D eigenvalue weighted by Gasteiger charge is -1.94. The maximum Gasteiger partial charge on any atom is 0.156 e. The first-order valence-corrected chi connectivity index (χ1v) is 5.21. The minimum Gasteiger partial charge on any atom is -0.291 e. The molecular weight excluding hydrogens is 333 g/mol. The zero-order valence-corrected chi connectivity index (χ0v) is 10.00. The lowest BCUT2D eigenvalue weighted by atomic mass is 10.6. The predicted octanol–water partition coefficient (Wildman–Crippen LogP) is 2.40. The van der Waals surface area contributed by atoms with E-state index in [1.54, 1.807) is 6.20 Å². The zero-order chi connectivity index (χ0) is 8.72. The van der Waals surface area contributed by atoms with E-state index in [-0.39, 0.29) is 0 Å². The molecule has 62 valence electrons. The Morgan fingerprint density at radius 3 is 3.08 bits per heavy atom. The summed E-state index contributed by atoms with van der Waals surface area (Å²) in [6, 6.07) is 0. The molecule has 0 atom stereocenters. The van der Waals surface area contributed by atoms with Crippen LogP contribution in [0, 0.1) is 10.6 Å². The number of rotatable bonds is 0. The number of hydrogen-bond acceptors (Lipinski definition) is 2. The molecule has 3 nitrogen and oxygen atoms in total. The molecule has 0 N–H and O–H groups in total. The van der Waals surface area contributed by atoms with Gasteiger partial charge in [-0.05, 0) is 45.4 Å². The van der Waals surface area contributed by atoms with Gasteiger partial charge in [0.25, 0.3) is 0 Å². The third-order valence-electron chi connectivity index (χ3n) is 1.58. The third kappa shape index (κ3) is 1.24. The van der Waals surface area contributed by atoms with Gasteiger partial charge < -0.3 is 0 Å². The molecule has 0 aliphatic rings. The van der Waals surface area contributed by atoms with E-state index in [1.807, 2.05) is 17.5 Å². The summed E-state index contributed by atoms with van der Waals surface area (Å²) < 4.78 is 3.96. The molecule has 2 rings (SSSR count). The number of hydrogen-bond donors (Lipinski definition) is 0. The van der Waals surface area contributed by atoms with Gasteiger partial charge in [-0.15, -0.1) is 0 Å². The van der Waals surface area contributed by atoms with Gasteiger partial charge in [-0.1, -0.05) is 0 Å². The minimum absolute atomic E-state index is 0.824. The fourth-order valence-electron chi connectivity index (χ4n) is 1.02. The molecule has 0 aliphatic heterocycles. The molecule has 0 aromatic carbocycles. The zero-order valence-electron chi connectivity index (χ0n) is 6.25. The van der Waals surface area contributed by atoms with E-state index in [0.29, 0.717) is 0 Å². The third-order valence-corrected chi connectivity index (χ3v) is 3.29. The van der Waals surface area contributed by atoms with E-state index >= 15 is 0 Å². The first-order chi connectivity index (χ1) is 5.68. The van der Waals surface area contributed by atoms with Crippen LogP contribution in [0.15, 0.2) is 17.0 Å². The molecule has 2 aromatic rings. The largest absolute Gasteiger partial charge is 0.291 e. The van der Waals surface area contributed by atoms with E-state index in [1.165, 1.54) is 0 Å². The minimum atomic E-state index is 0.824. The highest BCUT2D eigenvalue weighted by Crippen LogP contribution is 2.15. The Morgan fingerprint density at radius 1 is 1.58 bits per heavy atom. The van der Waals surface area contributed by atoms with Gasteiger partial charge in [-0.2, -0.15) is 0 Å². The number of halogens is 2. The topological polar surface area (TPSA) is 30.2 Å². The summed E-state index contributed by atoms with van der Waals surface area (Å²) in [4.78, 5) is 8.42. The van der Waals surface area contributed by atoms with Crippen molar-refractivity contribution in [1.29, 1.82) is 0 Å². The van der Waals surface area contributed by atoms with E-state index in [2.05, 4.69) is 48.5 Å². The van der Waals surface area contributed by atoms with Crippen molar-refractivity contribution >= 4 is 44.2 Å². The molecule has 0 aliphatic carbocycles. The van der Waals surface area contributed by atoms with Gasteiger partial charge in [-0.3, -0.25) is 4.40 Å². The normalized spacial score (nSPS) is 10.9. The second-order valence-electron chi connectivity index (χ2n) is 2.43. The highest BCUT2D eigenvalue weighted by molar-refractivity contribution is 14.1. The van der Waals surface area contributed by atoms with Crippen molar-refractivity contribution < 1.29 is 0 Å².